The van der Waals surface area contributed by atoms with Gasteiger partial charge in [-0.3, -0.25) is 0 Å². The minimum Gasteiger partial charge on any atom is -0.494 e. The number of carbonyl (C=O) groups is 1. The van der Waals surface area contributed by atoms with Crippen molar-refractivity contribution in [1.29, 1.82) is 0 Å². The highest BCUT2D eigenvalue weighted by Crippen LogP contribution is 2.24. The van der Waals surface area contributed by atoms with Crippen molar-refractivity contribution in [2.45, 2.75) is 13.0 Å². The summed E-state index contributed by atoms with van der Waals surface area (Å²) in [4.78, 5) is 12.1. The van der Waals surface area contributed by atoms with Crippen molar-refractivity contribution in [2.75, 3.05) is 19.0 Å². The number of hydrogen-bond donors (Lipinski definition) is 1. The zero-order valence-corrected chi connectivity index (χ0v) is 12.2. The molecule has 4 nitrogen and oxygen atoms in total. The summed E-state index contributed by atoms with van der Waals surface area (Å²) < 4.78 is 10.4. The van der Waals surface area contributed by atoms with Crippen LogP contribution in [-0.2, 0) is 9.53 Å². The molecule has 0 saturated carbocycles. The molecule has 4 heteroatoms. The van der Waals surface area contributed by atoms with Crippen LogP contribution in [0.4, 0.5) is 5.69 Å². The van der Waals surface area contributed by atoms with Gasteiger partial charge in [0.05, 0.1) is 13.7 Å². The van der Waals surface area contributed by atoms with Gasteiger partial charge >= 0.3 is 5.97 Å². The van der Waals surface area contributed by atoms with Crippen LogP contribution in [0.15, 0.2) is 54.6 Å². The summed E-state index contributed by atoms with van der Waals surface area (Å²) >= 11 is 0. The molecule has 0 aliphatic carbocycles. The number of benzene rings is 2. The number of esters is 1. The van der Waals surface area contributed by atoms with E-state index in [4.69, 9.17) is 9.47 Å². The molecule has 0 aliphatic rings. The molecule has 1 atom stereocenters. The third kappa shape index (κ3) is 3.99. The highest BCUT2D eigenvalue weighted by molar-refractivity contribution is 5.81. The molecule has 0 aromatic heterocycles. The van der Waals surface area contributed by atoms with E-state index in [0.29, 0.717) is 6.61 Å². The van der Waals surface area contributed by atoms with E-state index in [1.54, 1.807) is 0 Å². The highest BCUT2D eigenvalue weighted by atomic mass is 16.5. The molecule has 1 unspecified atom stereocenters. The Morgan fingerprint density at radius 3 is 2.57 bits per heavy atom. The van der Waals surface area contributed by atoms with Gasteiger partial charge in [-0.1, -0.05) is 30.3 Å². The molecule has 0 aliphatic heterocycles. The second-order valence-electron chi connectivity index (χ2n) is 4.47. The van der Waals surface area contributed by atoms with Gasteiger partial charge in [-0.15, -0.1) is 0 Å². The molecule has 0 saturated heterocycles. The van der Waals surface area contributed by atoms with Crippen LogP contribution in [-0.4, -0.2) is 19.7 Å². The lowest BCUT2D eigenvalue weighted by molar-refractivity contribution is -0.141. The molecule has 0 radical (unpaired) electrons. The van der Waals surface area contributed by atoms with Crippen molar-refractivity contribution in [3.63, 3.8) is 0 Å². The SMILES string of the molecule is CCOc1cccc(C(Nc2ccccc2)C(=O)OC)c1. The minimum absolute atomic E-state index is 0.340. The number of methoxy groups -OCH3 is 1. The number of para-hydroxylation sites is 1. The topological polar surface area (TPSA) is 47.6 Å². The lowest BCUT2D eigenvalue weighted by Crippen LogP contribution is -2.22. The first-order valence-corrected chi connectivity index (χ1v) is 6.86. The van der Waals surface area contributed by atoms with E-state index in [0.717, 1.165) is 17.0 Å². The van der Waals surface area contributed by atoms with Crippen LogP contribution in [0.2, 0.25) is 0 Å². The van der Waals surface area contributed by atoms with Crippen LogP contribution < -0.4 is 10.1 Å². The van der Waals surface area contributed by atoms with Crippen molar-refractivity contribution in [3.05, 3.63) is 60.2 Å². The average molecular weight is 285 g/mol. The van der Waals surface area contributed by atoms with Gasteiger partial charge < -0.3 is 14.8 Å². The second-order valence-corrected chi connectivity index (χ2v) is 4.47. The Labute approximate surface area is 124 Å². The van der Waals surface area contributed by atoms with Gasteiger partial charge in [0, 0.05) is 5.69 Å². The predicted molar refractivity (Wildman–Crippen MR) is 82.4 cm³/mol. The van der Waals surface area contributed by atoms with Crippen LogP contribution >= 0.6 is 0 Å². The van der Waals surface area contributed by atoms with E-state index in [9.17, 15) is 4.79 Å². The molecule has 0 spiro atoms. The monoisotopic (exact) mass is 285 g/mol. The summed E-state index contributed by atoms with van der Waals surface area (Å²) in [6.45, 7) is 2.51. The third-order valence-corrected chi connectivity index (χ3v) is 3.02. The van der Waals surface area contributed by atoms with E-state index in [2.05, 4.69) is 5.32 Å². The van der Waals surface area contributed by atoms with Gasteiger partial charge in [0.1, 0.15) is 5.75 Å². The number of rotatable bonds is 6. The summed E-state index contributed by atoms with van der Waals surface area (Å²) in [5.41, 5.74) is 1.66. The normalized spacial score (nSPS) is 11.5. The van der Waals surface area contributed by atoms with Crippen molar-refractivity contribution in [1.82, 2.24) is 0 Å². The number of nitrogens with one attached hydrogen (secondary N) is 1. The maximum Gasteiger partial charge on any atom is 0.332 e. The van der Waals surface area contributed by atoms with Crippen molar-refractivity contribution < 1.29 is 14.3 Å². The Morgan fingerprint density at radius 1 is 1.14 bits per heavy atom. The lowest BCUT2D eigenvalue weighted by Gasteiger charge is -2.18. The summed E-state index contributed by atoms with van der Waals surface area (Å²) in [5.74, 6) is 0.395. The molecular formula is C17H19NO3. The standard InChI is InChI=1S/C17H19NO3/c1-3-21-15-11-7-8-13(12-15)16(17(19)20-2)18-14-9-5-4-6-10-14/h4-12,16,18H,3H2,1-2H3. The van der Waals surface area contributed by atoms with Crippen LogP contribution in [0.5, 0.6) is 5.75 Å². The zero-order chi connectivity index (χ0) is 15.1. The first-order chi connectivity index (χ1) is 10.2. The maximum atomic E-state index is 12.1. The summed E-state index contributed by atoms with van der Waals surface area (Å²) in [6.07, 6.45) is 0. The number of hydrogen-bond acceptors (Lipinski definition) is 4. The Balaban J connectivity index is 2.27. The van der Waals surface area contributed by atoms with Crippen LogP contribution in [0.1, 0.15) is 18.5 Å². The number of carbonyl (C=O) groups excluding carboxylic acids is 1. The summed E-state index contributed by atoms with van der Waals surface area (Å²) in [5, 5.41) is 3.19. The molecule has 0 bridgehead atoms. The van der Waals surface area contributed by atoms with Crippen molar-refractivity contribution >= 4 is 11.7 Å². The third-order valence-electron chi connectivity index (χ3n) is 3.02. The molecule has 0 amide bonds. The average Bonchev–Trinajstić information content (AvgIpc) is 2.53. The number of ether oxygens (including phenoxy) is 2. The van der Waals surface area contributed by atoms with Crippen LogP contribution in [0.25, 0.3) is 0 Å². The van der Waals surface area contributed by atoms with E-state index in [1.165, 1.54) is 7.11 Å². The van der Waals surface area contributed by atoms with Crippen molar-refractivity contribution in [2.24, 2.45) is 0 Å². The molecule has 1 N–H and O–H groups in total. The predicted octanol–water partition coefficient (Wildman–Crippen LogP) is 3.41. The van der Waals surface area contributed by atoms with E-state index < -0.39 is 6.04 Å². The van der Waals surface area contributed by atoms with Gasteiger partial charge in [0.15, 0.2) is 6.04 Å². The molecule has 21 heavy (non-hydrogen) atoms. The van der Waals surface area contributed by atoms with Gasteiger partial charge in [-0.2, -0.15) is 0 Å². The Morgan fingerprint density at radius 2 is 1.90 bits per heavy atom. The van der Waals surface area contributed by atoms with E-state index in [-0.39, 0.29) is 5.97 Å². The molecule has 0 heterocycles. The molecular weight excluding hydrogens is 266 g/mol. The maximum absolute atomic E-state index is 12.1. The van der Waals surface area contributed by atoms with E-state index >= 15 is 0 Å². The molecule has 110 valence electrons. The molecule has 2 rings (SSSR count). The quantitative estimate of drug-likeness (QED) is 0.826. The molecule has 2 aromatic carbocycles. The summed E-state index contributed by atoms with van der Waals surface area (Å²) in [6, 6.07) is 16.4. The second kappa shape index (κ2) is 7.33. The highest BCUT2D eigenvalue weighted by Gasteiger charge is 2.21. The Kier molecular flexibility index (Phi) is 5.21. The largest absolute Gasteiger partial charge is 0.494 e. The van der Waals surface area contributed by atoms with Crippen LogP contribution in [0.3, 0.4) is 0 Å². The fourth-order valence-electron chi connectivity index (χ4n) is 2.05. The number of anilines is 1. The van der Waals surface area contributed by atoms with E-state index in [1.807, 2.05) is 61.5 Å². The zero-order valence-electron chi connectivity index (χ0n) is 12.2. The van der Waals surface area contributed by atoms with Crippen LogP contribution in [0, 0.1) is 0 Å². The van der Waals surface area contributed by atoms with Gasteiger partial charge in [0.2, 0.25) is 0 Å². The first-order valence-electron chi connectivity index (χ1n) is 6.86. The Bertz CT molecular complexity index is 584. The summed E-state index contributed by atoms with van der Waals surface area (Å²) in [7, 11) is 1.38. The smallest absolute Gasteiger partial charge is 0.332 e. The Hall–Kier alpha value is -2.49. The molecule has 0 fully saturated rings. The van der Waals surface area contributed by atoms with Gasteiger partial charge in [-0.05, 0) is 36.8 Å². The van der Waals surface area contributed by atoms with Gasteiger partial charge in [0.25, 0.3) is 0 Å². The fraction of sp³-hybridized carbons (Fsp3) is 0.235. The fourth-order valence-corrected chi connectivity index (χ4v) is 2.05. The van der Waals surface area contributed by atoms with Crippen molar-refractivity contribution in [3.8, 4) is 5.75 Å². The molecule has 2 aromatic rings. The first kappa shape index (κ1) is 14.9. The van der Waals surface area contributed by atoms with Gasteiger partial charge in [-0.25, -0.2) is 4.79 Å². The minimum atomic E-state index is -0.571. The lowest BCUT2D eigenvalue weighted by atomic mass is 10.1.